The van der Waals surface area contributed by atoms with Gasteiger partial charge in [-0.15, -0.1) is 0 Å². The highest BCUT2D eigenvalue weighted by molar-refractivity contribution is 7.92. The van der Waals surface area contributed by atoms with Crippen LogP contribution >= 0.6 is 0 Å². The van der Waals surface area contributed by atoms with Crippen molar-refractivity contribution in [3.8, 4) is 0 Å². The molecule has 0 aliphatic heterocycles. The van der Waals surface area contributed by atoms with Crippen molar-refractivity contribution >= 4 is 27.7 Å². The molecular formula is C18H20N2O4S. The van der Waals surface area contributed by atoms with E-state index in [4.69, 9.17) is 5.21 Å². The van der Waals surface area contributed by atoms with Crippen LogP contribution in [0.1, 0.15) is 30.9 Å². The molecule has 0 saturated carbocycles. The number of carbonyl (C=O) groups is 1. The molecule has 0 heterocycles. The third-order valence-electron chi connectivity index (χ3n) is 3.54. The first kappa shape index (κ1) is 18.7. The number of anilines is 1. The molecule has 0 aliphatic carbocycles. The fourth-order valence-corrected chi connectivity index (χ4v) is 3.26. The number of hydrogen-bond donors (Lipinski definition) is 3. The van der Waals surface area contributed by atoms with Gasteiger partial charge in [0.1, 0.15) is 0 Å². The van der Waals surface area contributed by atoms with Gasteiger partial charge in [-0.05, 0) is 47.4 Å². The van der Waals surface area contributed by atoms with Crippen molar-refractivity contribution in [2.24, 2.45) is 0 Å². The third kappa shape index (κ3) is 5.17. The van der Waals surface area contributed by atoms with Gasteiger partial charge >= 0.3 is 0 Å². The number of carbonyl (C=O) groups excluding carboxylic acids is 1. The lowest BCUT2D eigenvalue weighted by atomic mass is 10.0. The van der Waals surface area contributed by atoms with E-state index in [0.29, 0.717) is 17.2 Å². The average molecular weight is 360 g/mol. The van der Waals surface area contributed by atoms with Gasteiger partial charge in [0.15, 0.2) is 0 Å². The topological polar surface area (TPSA) is 95.5 Å². The van der Waals surface area contributed by atoms with Gasteiger partial charge in [-0.3, -0.25) is 14.7 Å². The Hall–Kier alpha value is -2.64. The summed E-state index contributed by atoms with van der Waals surface area (Å²) < 4.78 is 27.6. The maximum atomic E-state index is 12.5. The predicted octanol–water partition coefficient (Wildman–Crippen LogP) is 3.13. The molecule has 132 valence electrons. The van der Waals surface area contributed by atoms with Crippen LogP contribution in [0.4, 0.5) is 5.69 Å². The summed E-state index contributed by atoms with van der Waals surface area (Å²) in [6.07, 6.45) is 2.51. The summed E-state index contributed by atoms with van der Waals surface area (Å²) in [5.41, 5.74) is 3.58. The van der Waals surface area contributed by atoms with E-state index in [1.54, 1.807) is 24.3 Å². The molecular weight excluding hydrogens is 340 g/mol. The maximum absolute atomic E-state index is 12.5. The summed E-state index contributed by atoms with van der Waals surface area (Å²) in [6.45, 7) is 4.13. The zero-order valence-electron chi connectivity index (χ0n) is 13.9. The fourth-order valence-electron chi connectivity index (χ4n) is 2.14. The van der Waals surface area contributed by atoms with Crippen LogP contribution in [0.25, 0.3) is 6.08 Å². The van der Waals surface area contributed by atoms with E-state index in [0.717, 1.165) is 11.6 Å². The number of amides is 1. The summed E-state index contributed by atoms with van der Waals surface area (Å²) in [7, 11) is -3.75. The van der Waals surface area contributed by atoms with Crippen LogP contribution in [0, 0.1) is 0 Å². The summed E-state index contributed by atoms with van der Waals surface area (Å²) >= 11 is 0. The number of rotatable bonds is 6. The zero-order chi connectivity index (χ0) is 18.4. The van der Waals surface area contributed by atoms with E-state index in [9.17, 15) is 13.2 Å². The minimum absolute atomic E-state index is 0.0759. The molecule has 0 aliphatic rings. The van der Waals surface area contributed by atoms with Crippen LogP contribution in [-0.4, -0.2) is 19.5 Å². The van der Waals surface area contributed by atoms with Crippen molar-refractivity contribution in [3.05, 3.63) is 65.7 Å². The van der Waals surface area contributed by atoms with Crippen molar-refractivity contribution < 1.29 is 18.4 Å². The molecule has 0 aromatic heterocycles. The molecule has 0 atom stereocenters. The number of nitrogens with one attached hydrogen (secondary N) is 2. The van der Waals surface area contributed by atoms with E-state index in [1.165, 1.54) is 23.7 Å². The molecule has 3 N–H and O–H groups in total. The molecule has 2 rings (SSSR count). The molecule has 0 bridgehead atoms. The summed E-state index contributed by atoms with van der Waals surface area (Å²) in [6, 6.07) is 13.3. The largest absolute Gasteiger partial charge is 0.288 e. The molecule has 0 unspecified atom stereocenters. The van der Waals surface area contributed by atoms with Crippen molar-refractivity contribution in [2.75, 3.05) is 4.72 Å². The van der Waals surface area contributed by atoms with Crippen molar-refractivity contribution in [1.29, 1.82) is 0 Å². The van der Waals surface area contributed by atoms with E-state index in [-0.39, 0.29) is 4.90 Å². The van der Waals surface area contributed by atoms with Crippen molar-refractivity contribution in [2.45, 2.75) is 24.7 Å². The van der Waals surface area contributed by atoms with E-state index in [1.807, 2.05) is 12.1 Å². The van der Waals surface area contributed by atoms with Gasteiger partial charge in [0.2, 0.25) is 0 Å². The summed E-state index contributed by atoms with van der Waals surface area (Å²) in [5.74, 6) is -0.332. The zero-order valence-corrected chi connectivity index (χ0v) is 14.7. The van der Waals surface area contributed by atoms with Crippen LogP contribution in [0.3, 0.4) is 0 Å². The second-order valence-electron chi connectivity index (χ2n) is 5.76. The predicted molar refractivity (Wildman–Crippen MR) is 96.7 cm³/mol. The Morgan fingerprint density at radius 2 is 1.80 bits per heavy atom. The van der Waals surface area contributed by atoms with Crippen LogP contribution < -0.4 is 10.2 Å². The first-order valence-electron chi connectivity index (χ1n) is 7.67. The van der Waals surface area contributed by atoms with Gasteiger partial charge in [0.05, 0.1) is 4.90 Å². The number of sulfonamides is 1. The highest BCUT2D eigenvalue weighted by atomic mass is 32.2. The molecule has 2 aromatic rings. The number of benzene rings is 2. The van der Waals surface area contributed by atoms with E-state index >= 15 is 0 Å². The molecule has 0 saturated heterocycles. The second kappa shape index (κ2) is 7.96. The third-order valence-corrected chi connectivity index (χ3v) is 4.91. The minimum Gasteiger partial charge on any atom is -0.288 e. The molecule has 6 nitrogen and oxygen atoms in total. The standard InChI is InChI=1S/C18H20N2O4S/c1-13(2)15-7-9-16(10-8-15)20-25(23,24)17-5-3-4-14(12-17)6-11-18(21)19-22/h3-13,20,22H,1-2H3,(H,19,21)/b11-6+. The van der Waals surface area contributed by atoms with Crippen LogP contribution in [-0.2, 0) is 14.8 Å². The first-order valence-corrected chi connectivity index (χ1v) is 9.15. The van der Waals surface area contributed by atoms with Crippen LogP contribution in [0.5, 0.6) is 0 Å². The van der Waals surface area contributed by atoms with Gasteiger partial charge in [-0.25, -0.2) is 13.9 Å². The Balaban J connectivity index is 2.21. The molecule has 7 heteroatoms. The first-order chi connectivity index (χ1) is 11.8. The Morgan fingerprint density at radius 3 is 2.40 bits per heavy atom. The molecule has 25 heavy (non-hydrogen) atoms. The quantitative estimate of drug-likeness (QED) is 0.419. The number of hydrogen-bond acceptors (Lipinski definition) is 4. The van der Waals surface area contributed by atoms with Crippen LogP contribution in [0.15, 0.2) is 59.5 Å². The Kier molecular flexibility index (Phi) is 5.95. The molecule has 2 aromatic carbocycles. The Labute approximate surface area is 147 Å². The highest BCUT2D eigenvalue weighted by Gasteiger charge is 2.14. The average Bonchev–Trinajstić information content (AvgIpc) is 2.60. The summed E-state index contributed by atoms with van der Waals surface area (Å²) in [4.78, 5) is 11.1. The smallest absolute Gasteiger partial charge is 0.267 e. The molecule has 0 spiro atoms. The minimum atomic E-state index is -3.75. The Morgan fingerprint density at radius 1 is 1.12 bits per heavy atom. The summed E-state index contributed by atoms with van der Waals surface area (Å²) in [5, 5.41) is 8.46. The van der Waals surface area contributed by atoms with Gasteiger partial charge in [-0.1, -0.05) is 38.1 Å². The van der Waals surface area contributed by atoms with Gasteiger partial charge in [0, 0.05) is 11.8 Å². The molecule has 0 fully saturated rings. The normalized spacial score (nSPS) is 11.7. The van der Waals surface area contributed by atoms with E-state index < -0.39 is 15.9 Å². The van der Waals surface area contributed by atoms with E-state index in [2.05, 4.69) is 18.6 Å². The lowest BCUT2D eigenvalue weighted by Crippen LogP contribution is -2.15. The highest BCUT2D eigenvalue weighted by Crippen LogP contribution is 2.21. The lowest BCUT2D eigenvalue weighted by molar-refractivity contribution is -0.124. The SMILES string of the molecule is CC(C)c1ccc(NS(=O)(=O)c2cccc(/C=C/C(=O)NO)c2)cc1. The van der Waals surface area contributed by atoms with Gasteiger partial charge in [0.25, 0.3) is 15.9 Å². The van der Waals surface area contributed by atoms with Gasteiger partial charge < -0.3 is 0 Å². The number of hydroxylamine groups is 1. The maximum Gasteiger partial charge on any atom is 0.267 e. The fraction of sp³-hybridized carbons (Fsp3) is 0.167. The lowest BCUT2D eigenvalue weighted by Gasteiger charge is -2.10. The van der Waals surface area contributed by atoms with Gasteiger partial charge in [-0.2, -0.15) is 0 Å². The second-order valence-corrected chi connectivity index (χ2v) is 7.45. The Bertz CT molecular complexity index is 872. The molecule has 1 amide bonds. The van der Waals surface area contributed by atoms with Crippen LogP contribution in [0.2, 0.25) is 0 Å². The van der Waals surface area contributed by atoms with Crippen molar-refractivity contribution in [1.82, 2.24) is 5.48 Å². The molecule has 0 radical (unpaired) electrons. The van der Waals surface area contributed by atoms with Crippen molar-refractivity contribution in [3.63, 3.8) is 0 Å². The monoisotopic (exact) mass is 360 g/mol.